The number of hydrogen-bond donors (Lipinski definition) is 2. The molecule has 2 nitrogen and oxygen atoms in total. The molecule has 0 radical (unpaired) electrons. The van der Waals surface area contributed by atoms with Gasteiger partial charge in [-0.2, -0.15) is 0 Å². The zero-order valence-electron chi connectivity index (χ0n) is 9.14. The van der Waals surface area contributed by atoms with Crippen molar-refractivity contribution in [3.05, 3.63) is 0 Å². The first-order valence-electron chi connectivity index (χ1n) is 5.41. The molecule has 13 heavy (non-hydrogen) atoms. The van der Waals surface area contributed by atoms with Gasteiger partial charge >= 0.3 is 0 Å². The number of aliphatic hydroxyl groups is 1. The van der Waals surface area contributed by atoms with E-state index in [1.54, 1.807) is 0 Å². The van der Waals surface area contributed by atoms with E-state index in [1.165, 1.54) is 25.7 Å². The molecule has 2 heteroatoms. The molecule has 0 aromatic carbocycles. The topological polar surface area (TPSA) is 32.3 Å². The van der Waals surface area contributed by atoms with Crippen LogP contribution in [0.4, 0.5) is 0 Å². The van der Waals surface area contributed by atoms with Gasteiger partial charge in [-0.25, -0.2) is 0 Å². The van der Waals surface area contributed by atoms with Gasteiger partial charge in [-0.3, -0.25) is 0 Å². The van der Waals surface area contributed by atoms with Crippen LogP contribution >= 0.6 is 0 Å². The zero-order chi connectivity index (χ0) is 9.90. The fraction of sp³-hybridized carbons (Fsp3) is 1.00. The van der Waals surface area contributed by atoms with E-state index in [0.29, 0.717) is 11.5 Å². The van der Waals surface area contributed by atoms with E-state index >= 15 is 0 Å². The highest BCUT2D eigenvalue weighted by Crippen LogP contribution is 2.34. The average Bonchev–Trinajstić information content (AvgIpc) is 2.02. The minimum absolute atomic E-state index is 0.213. The summed E-state index contributed by atoms with van der Waals surface area (Å²) < 4.78 is 0. The van der Waals surface area contributed by atoms with Gasteiger partial charge in [-0.05, 0) is 38.0 Å². The molecular weight excluding hydrogens is 162 g/mol. The van der Waals surface area contributed by atoms with Gasteiger partial charge in [0.2, 0.25) is 0 Å². The average molecular weight is 185 g/mol. The van der Waals surface area contributed by atoms with Crippen LogP contribution in [0.15, 0.2) is 0 Å². The lowest BCUT2D eigenvalue weighted by Gasteiger charge is -2.34. The maximum atomic E-state index is 9.12. The lowest BCUT2D eigenvalue weighted by Crippen LogP contribution is -2.38. The SMILES string of the molecule is CC(O)CNC1CCC(C)(C)CC1. The van der Waals surface area contributed by atoms with Crippen LogP contribution in [0.25, 0.3) is 0 Å². The van der Waals surface area contributed by atoms with Crippen LogP contribution in [0.5, 0.6) is 0 Å². The predicted molar refractivity (Wildman–Crippen MR) is 55.7 cm³/mol. The molecule has 0 bridgehead atoms. The number of nitrogens with one attached hydrogen (secondary N) is 1. The van der Waals surface area contributed by atoms with Crippen LogP contribution in [-0.4, -0.2) is 23.8 Å². The molecule has 1 fully saturated rings. The molecule has 0 saturated heterocycles. The van der Waals surface area contributed by atoms with E-state index in [0.717, 1.165) is 6.54 Å². The van der Waals surface area contributed by atoms with Crippen LogP contribution in [0.1, 0.15) is 46.5 Å². The molecule has 0 heterocycles. The van der Waals surface area contributed by atoms with Crippen LogP contribution < -0.4 is 5.32 Å². The monoisotopic (exact) mass is 185 g/mol. The van der Waals surface area contributed by atoms with Gasteiger partial charge in [-0.15, -0.1) is 0 Å². The van der Waals surface area contributed by atoms with Crippen molar-refractivity contribution >= 4 is 0 Å². The van der Waals surface area contributed by atoms with E-state index in [2.05, 4.69) is 19.2 Å². The van der Waals surface area contributed by atoms with E-state index in [1.807, 2.05) is 6.92 Å². The Morgan fingerprint density at radius 2 is 1.92 bits per heavy atom. The number of aliphatic hydroxyl groups excluding tert-OH is 1. The van der Waals surface area contributed by atoms with Crippen LogP contribution in [0, 0.1) is 5.41 Å². The molecule has 0 aromatic heterocycles. The van der Waals surface area contributed by atoms with E-state index in [9.17, 15) is 0 Å². The first-order chi connectivity index (χ1) is 5.99. The van der Waals surface area contributed by atoms with Gasteiger partial charge in [0.05, 0.1) is 6.10 Å². The fourth-order valence-electron chi connectivity index (χ4n) is 1.94. The van der Waals surface area contributed by atoms with Crippen LogP contribution in [-0.2, 0) is 0 Å². The Bertz CT molecular complexity index is 141. The molecule has 78 valence electrons. The van der Waals surface area contributed by atoms with Crippen molar-refractivity contribution < 1.29 is 5.11 Å². The quantitative estimate of drug-likeness (QED) is 0.704. The molecule has 2 N–H and O–H groups in total. The Kier molecular flexibility index (Phi) is 3.74. The molecule has 1 saturated carbocycles. The summed E-state index contributed by atoms with van der Waals surface area (Å²) in [6, 6.07) is 0.641. The lowest BCUT2D eigenvalue weighted by molar-refractivity contribution is 0.163. The standard InChI is InChI=1S/C11H23NO/c1-9(13)8-12-10-4-6-11(2,3)7-5-10/h9-10,12-13H,4-8H2,1-3H3. The maximum Gasteiger partial charge on any atom is 0.0636 e. The largest absolute Gasteiger partial charge is 0.392 e. The molecular formula is C11H23NO. The first kappa shape index (κ1) is 11.0. The van der Waals surface area contributed by atoms with Gasteiger partial charge in [0, 0.05) is 12.6 Å². The highest BCUT2D eigenvalue weighted by Gasteiger charge is 2.26. The van der Waals surface area contributed by atoms with Crippen LogP contribution in [0.3, 0.4) is 0 Å². The second kappa shape index (κ2) is 4.43. The third-order valence-electron chi connectivity index (χ3n) is 3.04. The Labute approximate surface area is 81.7 Å². The molecule has 0 aliphatic heterocycles. The third-order valence-corrected chi connectivity index (χ3v) is 3.04. The molecule has 1 unspecified atom stereocenters. The minimum Gasteiger partial charge on any atom is -0.392 e. The summed E-state index contributed by atoms with van der Waals surface area (Å²) in [6.45, 7) is 7.26. The number of hydrogen-bond acceptors (Lipinski definition) is 2. The van der Waals surface area contributed by atoms with Crippen molar-refractivity contribution in [1.29, 1.82) is 0 Å². The van der Waals surface area contributed by atoms with Crippen molar-refractivity contribution in [2.24, 2.45) is 5.41 Å². The zero-order valence-corrected chi connectivity index (χ0v) is 9.14. The van der Waals surface area contributed by atoms with Crippen molar-refractivity contribution in [3.8, 4) is 0 Å². The molecule has 1 aliphatic rings. The number of rotatable bonds is 3. The Hall–Kier alpha value is -0.0800. The molecule has 1 aliphatic carbocycles. The summed E-state index contributed by atoms with van der Waals surface area (Å²) in [4.78, 5) is 0. The molecule has 1 rings (SSSR count). The Morgan fingerprint density at radius 1 is 1.38 bits per heavy atom. The maximum absolute atomic E-state index is 9.12. The van der Waals surface area contributed by atoms with Crippen molar-refractivity contribution in [2.45, 2.75) is 58.6 Å². The normalized spacial score (nSPS) is 25.8. The van der Waals surface area contributed by atoms with E-state index < -0.39 is 0 Å². The first-order valence-corrected chi connectivity index (χ1v) is 5.41. The van der Waals surface area contributed by atoms with Crippen molar-refractivity contribution in [1.82, 2.24) is 5.32 Å². The smallest absolute Gasteiger partial charge is 0.0636 e. The highest BCUT2D eigenvalue weighted by molar-refractivity contribution is 4.82. The molecule has 0 amide bonds. The third kappa shape index (κ3) is 4.10. The van der Waals surface area contributed by atoms with Gasteiger partial charge < -0.3 is 10.4 Å². The summed E-state index contributed by atoms with van der Waals surface area (Å²) in [5.41, 5.74) is 0.545. The summed E-state index contributed by atoms with van der Waals surface area (Å²) in [5, 5.41) is 12.5. The summed E-state index contributed by atoms with van der Waals surface area (Å²) in [6.07, 6.45) is 4.93. The molecule has 0 aromatic rings. The molecule has 0 spiro atoms. The second-order valence-corrected chi connectivity index (χ2v) is 5.20. The Morgan fingerprint density at radius 3 is 2.38 bits per heavy atom. The minimum atomic E-state index is -0.213. The van der Waals surface area contributed by atoms with E-state index in [4.69, 9.17) is 5.11 Å². The lowest BCUT2D eigenvalue weighted by atomic mass is 9.75. The van der Waals surface area contributed by atoms with Crippen molar-refractivity contribution in [3.63, 3.8) is 0 Å². The Balaban J connectivity index is 2.18. The summed E-state index contributed by atoms with van der Waals surface area (Å²) >= 11 is 0. The van der Waals surface area contributed by atoms with E-state index in [-0.39, 0.29) is 6.10 Å². The van der Waals surface area contributed by atoms with Gasteiger partial charge in [0.1, 0.15) is 0 Å². The van der Waals surface area contributed by atoms with Gasteiger partial charge in [-0.1, -0.05) is 13.8 Å². The van der Waals surface area contributed by atoms with Gasteiger partial charge in [0.15, 0.2) is 0 Å². The van der Waals surface area contributed by atoms with Crippen molar-refractivity contribution in [2.75, 3.05) is 6.54 Å². The predicted octanol–water partition coefficient (Wildman–Crippen LogP) is 1.93. The summed E-state index contributed by atoms with van der Waals surface area (Å²) in [5.74, 6) is 0. The van der Waals surface area contributed by atoms with Crippen LogP contribution in [0.2, 0.25) is 0 Å². The molecule has 1 atom stereocenters. The summed E-state index contributed by atoms with van der Waals surface area (Å²) in [7, 11) is 0. The van der Waals surface area contributed by atoms with Gasteiger partial charge in [0.25, 0.3) is 0 Å². The fourth-order valence-corrected chi connectivity index (χ4v) is 1.94. The highest BCUT2D eigenvalue weighted by atomic mass is 16.3. The second-order valence-electron chi connectivity index (χ2n) is 5.20.